The Labute approximate surface area is 102 Å². The zero-order valence-electron chi connectivity index (χ0n) is 9.16. The number of hydrogen-bond acceptors (Lipinski definition) is 1. The van der Waals surface area contributed by atoms with Crippen LogP contribution in [-0.2, 0) is 0 Å². The summed E-state index contributed by atoms with van der Waals surface area (Å²) >= 11 is 0. The van der Waals surface area contributed by atoms with Gasteiger partial charge in [-0.15, -0.1) is 12.4 Å². The minimum absolute atomic E-state index is 0. The van der Waals surface area contributed by atoms with Crippen LogP contribution in [0.25, 0.3) is 0 Å². The van der Waals surface area contributed by atoms with E-state index in [1.54, 1.807) is 12.1 Å². The first-order valence-corrected chi connectivity index (χ1v) is 5.81. The normalized spacial score (nSPS) is 32.2. The molecule has 1 aliphatic carbocycles. The van der Waals surface area contributed by atoms with Crippen molar-refractivity contribution in [1.82, 2.24) is 5.32 Å². The molecule has 16 heavy (non-hydrogen) atoms. The van der Waals surface area contributed by atoms with E-state index >= 15 is 0 Å². The summed E-state index contributed by atoms with van der Waals surface area (Å²) in [5.74, 6) is 2.25. The Morgan fingerprint density at radius 1 is 1.19 bits per heavy atom. The van der Waals surface area contributed by atoms with Crippen LogP contribution >= 0.6 is 12.4 Å². The third-order valence-corrected chi connectivity index (χ3v) is 4.05. The number of halogens is 2. The van der Waals surface area contributed by atoms with Gasteiger partial charge in [-0.1, -0.05) is 12.1 Å². The quantitative estimate of drug-likeness (QED) is 0.797. The van der Waals surface area contributed by atoms with E-state index in [1.165, 1.54) is 24.9 Å². The second kappa shape index (κ2) is 4.72. The van der Waals surface area contributed by atoms with Gasteiger partial charge in [0.05, 0.1) is 0 Å². The van der Waals surface area contributed by atoms with Crippen molar-refractivity contribution in [3.63, 3.8) is 0 Å². The summed E-state index contributed by atoms with van der Waals surface area (Å²) < 4.78 is 12.8. The van der Waals surface area contributed by atoms with E-state index in [4.69, 9.17) is 0 Å². The Morgan fingerprint density at radius 2 is 1.94 bits per heavy atom. The average molecular weight is 242 g/mol. The molecule has 1 saturated heterocycles. The third-order valence-electron chi connectivity index (χ3n) is 4.05. The zero-order valence-corrected chi connectivity index (χ0v) is 9.97. The van der Waals surface area contributed by atoms with Crippen molar-refractivity contribution in [3.05, 3.63) is 35.6 Å². The zero-order chi connectivity index (χ0) is 10.3. The van der Waals surface area contributed by atoms with Gasteiger partial charge in [-0.25, -0.2) is 4.39 Å². The molecule has 0 spiro atoms. The van der Waals surface area contributed by atoms with Gasteiger partial charge in [0.25, 0.3) is 0 Å². The van der Waals surface area contributed by atoms with Gasteiger partial charge in [-0.2, -0.15) is 0 Å². The van der Waals surface area contributed by atoms with Gasteiger partial charge >= 0.3 is 0 Å². The summed E-state index contributed by atoms with van der Waals surface area (Å²) in [6, 6.07) is 7.06. The van der Waals surface area contributed by atoms with Crippen molar-refractivity contribution < 1.29 is 4.39 Å². The molecule has 3 rings (SSSR count). The summed E-state index contributed by atoms with van der Waals surface area (Å²) in [5, 5.41) is 3.45. The fraction of sp³-hybridized carbons (Fsp3) is 0.538. The lowest BCUT2D eigenvalue weighted by Gasteiger charge is -2.48. The molecule has 2 fully saturated rings. The second-order valence-electron chi connectivity index (χ2n) is 4.81. The molecule has 0 amide bonds. The molecular weight excluding hydrogens is 225 g/mol. The number of rotatable bonds is 1. The average Bonchev–Trinajstić information content (AvgIpc) is 2.23. The molecular formula is C13H17ClFN. The summed E-state index contributed by atoms with van der Waals surface area (Å²) in [4.78, 5) is 0. The Kier molecular flexibility index (Phi) is 3.50. The van der Waals surface area contributed by atoms with Gasteiger partial charge in [0, 0.05) is 0 Å². The van der Waals surface area contributed by atoms with E-state index in [9.17, 15) is 4.39 Å². The molecule has 1 aromatic rings. The Hall–Kier alpha value is -0.600. The van der Waals surface area contributed by atoms with E-state index in [2.05, 4.69) is 5.32 Å². The molecule has 0 aromatic heterocycles. The topological polar surface area (TPSA) is 12.0 Å². The molecule has 1 N–H and O–H groups in total. The van der Waals surface area contributed by atoms with Crippen LogP contribution in [0.4, 0.5) is 4.39 Å². The highest BCUT2D eigenvalue weighted by Gasteiger charge is 2.42. The molecule has 1 aliphatic heterocycles. The molecule has 1 saturated carbocycles. The van der Waals surface area contributed by atoms with Crippen molar-refractivity contribution >= 4 is 12.4 Å². The van der Waals surface area contributed by atoms with Crippen LogP contribution in [0.2, 0.25) is 0 Å². The maximum Gasteiger partial charge on any atom is 0.123 e. The van der Waals surface area contributed by atoms with Crippen LogP contribution in [0, 0.1) is 17.7 Å². The minimum atomic E-state index is -0.128. The Balaban J connectivity index is 0.000000963. The summed E-state index contributed by atoms with van der Waals surface area (Å²) in [5.41, 5.74) is 1.32. The molecule has 3 heteroatoms. The molecule has 1 heterocycles. The van der Waals surface area contributed by atoms with E-state index < -0.39 is 0 Å². The largest absolute Gasteiger partial charge is 0.316 e. The highest BCUT2D eigenvalue weighted by atomic mass is 35.5. The minimum Gasteiger partial charge on any atom is -0.316 e. The van der Waals surface area contributed by atoms with Crippen molar-refractivity contribution in [2.45, 2.75) is 18.8 Å². The van der Waals surface area contributed by atoms with Gasteiger partial charge in [-0.3, -0.25) is 0 Å². The number of nitrogens with one attached hydrogen (secondary N) is 1. The van der Waals surface area contributed by atoms with Crippen molar-refractivity contribution in [1.29, 1.82) is 0 Å². The summed E-state index contributed by atoms with van der Waals surface area (Å²) in [6.07, 6.45) is 2.63. The van der Waals surface area contributed by atoms with Gasteiger partial charge in [0.2, 0.25) is 0 Å². The standard InChI is InChI=1S/C13H16FN.ClH/c14-11-3-1-9(2-4-11)12-7-10-5-6-15-8-13(10)12;/h1-4,10,12-13,15H,5-8H2;1H/t10-,12+,13-;/m1./s1. The smallest absolute Gasteiger partial charge is 0.123 e. The first-order valence-electron chi connectivity index (χ1n) is 5.81. The fourth-order valence-corrected chi connectivity index (χ4v) is 3.10. The molecule has 0 bridgehead atoms. The van der Waals surface area contributed by atoms with Crippen molar-refractivity contribution in [3.8, 4) is 0 Å². The van der Waals surface area contributed by atoms with Gasteiger partial charge in [0.15, 0.2) is 0 Å². The maximum absolute atomic E-state index is 12.8. The summed E-state index contributed by atoms with van der Waals surface area (Å²) in [6.45, 7) is 2.32. The van der Waals surface area contributed by atoms with Crippen molar-refractivity contribution in [2.75, 3.05) is 13.1 Å². The highest BCUT2D eigenvalue weighted by molar-refractivity contribution is 5.85. The van der Waals surface area contributed by atoms with Crippen LogP contribution in [-0.4, -0.2) is 13.1 Å². The summed E-state index contributed by atoms with van der Waals surface area (Å²) in [7, 11) is 0. The molecule has 0 unspecified atom stereocenters. The third kappa shape index (κ3) is 1.96. The SMILES string of the molecule is Cl.Fc1ccc([C@@H]2C[C@H]3CCNC[C@H]32)cc1. The van der Waals surface area contributed by atoms with E-state index in [0.717, 1.165) is 18.4 Å². The predicted molar refractivity (Wildman–Crippen MR) is 65.5 cm³/mol. The van der Waals surface area contributed by atoms with Gasteiger partial charge in [-0.05, 0) is 61.4 Å². The van der Waals surface area contributed by atoms with Crippen molar-refractivity contribution in [2.24, 2.45) is 11.8 Å². The number of piperidine rings is 1. The Bertz CT molecular complexity index is 351. The Morgan fingerprint density at radius 3 is 2.62 bits per heavy atom. The molecule has 3 atom stereocenters. The number of benzene rings is 1. The van der Waals surface area contributed by atoms with E-state index in [0.29, 0.717) is 5.92 Å². The van der Waals surface area contributed by atoms with E-state index in [1.807, 2.05) is 12.1 Å². The van der Waals surface area contributed by atoms with Crippen LogP contribution in [0.5, 0.6) is 0 Å². The maximum atomic E-state index is 12.8. The fourth-order valence-electron chi connectivity index (χ4n) is 3.10. The molecule has 2 aliphatic rings. The van der Waals surface area contributed by atoms with Gasteiger partial charge in [0.1, 0.15) is 5.82 Å². The number of fused-ring (bicyclic) bond motifs is 1. The van der Waals surface area contributed by atoms with E-state index in [-0.39, 0.29) is 18.2 Å². The lowest BCUT2D eigenvalue weighted by Crippen LogP contribution is -2.47. The first kappa shape index (κ1) is 11.9. The highest BCUT2D eigenvalue weighted by Crippen LogP contribution is 2.49. The van der Waals surface area contributed by atoms with Crippen LogP contribution < -0.4 is 5.32 Å². The molecule has 0 radical (unpaired) electrons. The van der Waals surface area contributed by atoms with Crippen LogP contribution in [0.1, 0.15) is 24.3 Å². The molecule has 1 nitrogen and oxygen atoms in total. The lowest BCUT2D eigenvalue weighted by atomic mass is 9.60. The van der Waals surface area contributed by atoms with Gasteiger partial charge < -0.3 is 5.32 Å². The molecule has 1 aromatic carbocycles. The monoisotopic (exact) mass is 241 g/mol. The van der Waals surface area contributed by atoms with Crippen LogP contribution in [0.15, 0.2) is 24.3 Å². The number of hydrogen-bond donors (Lipinski definition) is 1. The first-order chi connectivity index (χ1) is 7.34. The molecule has 88 valence electrons. The van der Waals surface area contributed by atoms with Crippen LogP contribution in [0.3, 0.4) is 0 Å². The second-order valence-corrected chi connectivity index (χ2v) is 4.81. The lowest BCUT2D eigenvalue weighted by molar-refractivity contribution is 0.0933. The predicted octanol–water partition coefficient (Wildman–Crippen LogP) is 2.96.